The van der Waals surface area contributed by atoms with E-state index < -0.39 is 0 Å². The first-order valence-corrected chi connectivity index (χ1v) is 10.2. The molecule has 2 N–H and O–H groups in total. The number of nitrogens with zero attached hydrogens (tertiary/aromatic N) is 2. The maximum absolute atomic E-state index is 12.7. The summed E-state index contributed by atoms with van der Waals surface area (Å²) in [7, 11) is 0. The van der Waals surface area contributed by atoms with Gasteiger partial charge in [0.1, 0.15) is 12.0 Å². The minimum Gasteiger partial charge on any atom is -0.460 e. The number of rotatable bonds is 3. The smallest absolute Gasteiger partial charge is 0.270 e. The van der Waals surface area contributed by atoms with Gasteiger partial charge in [0.25, 0.3) is 5.91 Å². The third-order valence-electron chi connectivity index (χ3n) is 5.57. The molecule has 0 spiro atoms. The summed E-state index contributed by atoms with van der Waals surface area (Å²) in [6.07, 6.45) is 6.44. The van der Waals surface area contributed by atoms with Crippen LogP contribution in [0.25, 0.3) is 11.0 Å². The molecule has 0 aromatic carbocycles. The summed E-state index contributed by atoms with van der Waals surface area (Å²) in [5.41, 5.74) is 1.68. The predicted octanol–water partition coefficient (Wildman–Crippen LogP) is 1.53. The Hall–Kier alpha value is -2.06. The van der Waals surface area contributed by atoms with Gasteiger partial charge in [0.2, 0.25) is 5.91 Å². The highest BCUT2D eigenvalue weighted by Crippen LogP contribution is 2.32. The van der Waals surface area contributed by atoms with E-state index in [0.717, 1.165) is 29.7 Å². The average molecular weight is 372 g/mol. The third-order valence-corrected chi connectivity index (χ3v) is 6.49. The molecule has 0 radical (unpaired) electrons. The monoisotopic (exact) mass is 372 g/mol. The summed E-state index contributed by atoms with van der Waals surface area (Å²) < 4.78 is 5.55. The van der Waals surface area contributed by atoms with Gasteiger partial charge < -0.3 is 20.0 Å². The molecule has 2 bridgehead atoms. The Morgan fingerprint density at radius 1 is 1.42 bits per heavy atom. The Kier molecular flexibility index (Phi) is 3.90. The number of hydrogen-bond acceptors (Lipinski definition) is 6. The molecule has 26 heavy (non-hydrogen) atoms. The van der Waals surface area contributed by atoms with E-state index in [1.54, 1.807) is 35.2 Å². The number of amides is 2. The quantitative estimate of drug-likeness (QED) is 0.850. The van der Waals surface area contributed by atoms with Crippen LogP contribution in [0, 0.1) is 0 Å². The second-order valence-corrected chi connectivity index (χ2v) is 8.25. The largest absolute Gasteiger partial charge is 0.460 e. The van der Waals surface area contributed by atoms with Crippen LogP contribution in [-0.4, -0.2) is 53.0 Å². The van der Waals surface area contributed by atoms with Crippen LogP contribution >= 0.6 is 11.8 Å². The molecule has 2 amide bonds. The Morgan fingerprint density at radius 2 is 2.35 bits per heavy atom. The molecule has 3 aliphatic heterocycles. The lowest BCUT2D eigenvalue weighted by atomic mass is 9.95. The SMILES string of the molecule is O=C(N[C@@H]1C[C@H]2CC[C@@H]1N2)c1cc2c(N3CCSCC3=O)coc2cn1. The van der Waals surface area contributed by atoms with E-state index in [1.807, 2.05) is 0 Å². The molecule has 3 aliphatic rings. The minimum absolute atomic E-state index is 0.0693. The molecule has 0 saturated carbocycles. The highest BCUT2D eigenvalue weighted by molar-refractivity contribution is 8.00. The zero-order valence-electron chi connectivity index (χ0n) is 14.2. The molecule has 3 atom stereocenters. The second-order valence-electron chi connectivity index (χ2n) is 7.15. The molecule has 0 aliphatic carbocycles. The van der Waals surface area contributed by atoms with E-state index >= 15 is 0 Å². The summed E-state index contributed by atoms with van der Waals surface area (Å²) in [6.45, 7) is 0.652. The van der Waals surface area contributed by atoms with E-state index in [4.69, 9.17) is 4.42 Å². The average Bonchev–Trinajstić information content (AvgIpc) is 3.37. The van der Waals surface area contributed by atoms with Crippen LogP contribution in [0.3, 0.4) is 0 Å². The molecule has 2 aromatic heterocycles. The highest BCUT2D eigenvalue weighted by atomic mass is 32.2. The molecule has 2 aromatic rings. The second kappa shape index (κ2) is 6.28. The molecule has 5 rings (SSSR count). The van der Waals surface area contributed by atoms with E-state index in [9.17, 15) is 9.59 Å². The summed E-state index contributed by atoms with van der Waals surface area (Å²) in [6, 6.07) is 2.81. The maximum Gasteiger partial charge on any atom is 0.270 e. The van der Waals surface area contributed by atoms with Crippen LogP contribution < -0.4 is 15.5 Å². The zero-order valence-corrected chi connectivity index (χ0v) is 15.1. The lowest BCUT2D eigenvalue weighted by Gasteiger charge is -2.25. The van der Waals surface area contributed by atoms with Gasteiger partial charge >= 0.3 is 0 Å². The Balaban J connectivity index is 1.41. The number of thioether (sulfide) groups is 1. The van der Waals surface area contributed by atoms with Gasteiger partial charge in [0, 0.05) is 35.8 Å². The van der Waals surface area contributed by atoms with Gasteiger partial charge in [0.05, 0.1) is 17.6 Å². The molecule has 8 heteroatoms. The highest BCUT2D eigenvalue weighted by Gasteiger charge is 2.39. The summed E-state index contributed by atoms with van der Waals surface area (Å²) >= 11 is 1.64. The van der Waals surface area contributed by atoms with E-state index in [0.29, 0.717) is 35.7 Å². The molecule has 3 saturated heterocycles. The minimum atomic E-state index is -0.168. The van der Waals surface area contributed by atoms with Gasteiger partial charge in [-0.15, -0.1) is 0 Å². The van der Waals surface area contributed by atoms with Crippen molar-refractivity contribution in [3.63, 3.8) is 0 Å². The summed E-state index contributed by atoms with van der Waals surface area (Å²) in [5, 5.41) is 7.39. The molecule has 136 valence electrons. The number of anilines is 1. The Labute approximate surface area is 154 Å². The predicted molar refractivity (Wildman–Crippen MR) is 99.5 cm³/mol. The Bertz CT molecular complexity index is 882. The van der Waals surface area contributed by atoms with Crippen LogP contribution in [0.2, 0.25) is 0 Å². The molecule has 0 unspecified atom stereocenters. The van der Waals surface area contributed by atoms with Crippen molar-refractivity contribution in [3.8, 4) is 0 Å². The first-order chi connectivity index (χ1) is 12.7. The van der Waals surface area contributed by atoms with E-state index in [2.05, 4.69) is 15.6 Å². The number of hydrogen-bond donors (Lipinski definition) is 2. The Morgan fingerprint density at radius 3 is 3.12 bits per heavy atom. The molecule has 5 heterocycles. The molecular weight excluding hydrogens is 352 g/mol. The summed E-state index contributed by atoms with van der Waals surface area (Å²) in [5.74, 6) is 1.27. The molecule has 3 fully saturated rings. The van der Waals surface area contributed by atoms with Crippen LogP contribution in [-0.2, 0) is 4.79 Å². The van der Waals surface area contributed by atoms with Crippen LogP contribution in [0.4, 0.5) is 5.69 Å². The zero-order chi connectivity index (χ0) is 17.7. The van der Waals surface area contributed by atoms with Crippen LogP contribution in [0.15, 0.2) is 22.9 Å². The van der Waals surface area contributed by atoms with Gasteiger partial charge in [-0.25, -0.2) is 4.98 Å². The lowest BCUT2D eigenvalue weighted by Crippen LogP contribution is -2.43. The number of furan rings is 1. The fraction of sp³-hybridized carbons (Fsp3) is 0.500. The number of carbonyl (C=O) groups is 2. The molecular formula is C18H20N4O3S. The van der Waals surface area contributed by atoms with Crippen LogP contribution in [0.1, 0.15) is 29.8 Å². The number of carbonyl (C=O) groups excluding carboxylic acids is 2. The van der Waals surface area contributed by atoms with Crippen molar-refractivity contribution in [2.45, 2.75) is 37.4 Å². The van der Waals surface area contributed by atoms with Gasteiger partial charge in [-0.05, 0) is 25.3 Å². The summed E-state index contributed by atoms with van der Waals surface area (Å²) in [4.78, 5) is 30.9. The van der Waals surface area contributed by atoms with E-state index in [1.165, 1.54) is 6.42 Å². The number of pyridine rings is 1. The first kappa shape index (κ1) is 16.1. The number of aromatic nitrogens is 1. The number of nitrogens with one attached hydrogen (secondary N) is 2. The fourth-order valence-corrected chi connectivity index (χ4v) is 5.04. The van der Waals surface area contributed by atoms with Crippen molar-refractivity contribution in [3.05, 3.63) is 24.2 Å². The normalized spacial score (nSPS) is 28.1. The van der Waals surface area contributed by atoms with Gasteiger partial charge in [-0.3, -0.25) is 9.59 Å². The van der Waals surface area contributed by atoms with Crippen molar-refractivity contribution >= 4 is 40.2 Å². The first-order valence-electron chi connectivity index (χ1n) is 9.01. The van der Waals surface area contributed by atoms with Crippen LogP contribution in [0.5, 0.6) is 0 Å². The van der Waals surface area contributed by atoms with E-state index in [-0.39, 0.29) is 17.9 Å². The van der Waals surface area contributed by atoms with Crippen molar-refractivity contribution in [2.75, 3.05) is 23.0 Å². The van der Waals surface area contributed by atoms with Crippen molar-refractivity contribution in [1.29, 1.82) is 0 Å². The number of fused-ring (bicyclic) bond motifs is 3. The van der Waals surface area contributed by atoms with Crippen molar-refractivity contribution in [2.24, 2.45) is 0 Å². The molecule has 7 nitrogen and oxygen atoms in total. The van der Waals surface area contributed by atoms with Gasteiger partial charge in [-0.1, -0.05) is 0 Å². The van der Waals surface area contributed by atoms with Gasteiger partial charge in [-0.2, -0.15) is 11.8 Å². The topological polar surface area (TPSA) is 87.5 Å². The van der Waals surface area contributed by atoms with Gasteiger partial charge in [0.15, 0.2) is 5.58 Å². The van der Waals surface area contributed by atoms with Crippen molar-refractivity contribution < 1.29 is 14.0 Å². The fourth-order valence-electron chi connectivity index (χ4n) is 4.25. The maximum atomic E-state index is 12.7. The van der Waals surface area contributed by atoms with Crippen molar-refractivity contribution in [1.82, 2.24) is 15.6 Å². The third kappa shape index (κ3) is 2.68. The lowest BCUT2D eigenvalue weighted by molar-refractivity contribution is -0.116. The standard InChI is InChI=1S/C18H20N4O3S/c23-17-9-26-4-3-22(17)15-8-25-16-7-19-14(6-11(15)16)18(24)21-13-5-10-1-2-12(13)20-10/h6-8,10,12-13,20H,1-5,9H2,(H,21,24)/t10-,12+,13-/m1/s1.